The predicted octanol–water partition coefficient (Wildman–Crippen LogP) is 5.46. The van der Waals surface area contributed by atoms with Crippen LogP contribution in [-0.2, 0) is 13.0 Å². The number of aromatic nitrogens is 1. The van der Waals surface area contributed by atoms with E-state index in [2.05, 4.69) is 10.3 Å². The molecular formula is C31H29FN4O2. The summed E-state index contributed by atoms with van der Waals surface area (Å²) in [5.74, 6) is 0.283. The molecule has 0 radical (unpaired) electrons. The molecule has 4 aromatic rings. The van der Waals surface area contributed by atoms with Crippen LogP contribution in [0.1, 0.15) is 40.0 Å². The Bertz CT molecular complexity index is 1450. The number of pyridine rings is 1. The van der Waals surface area contributed by atoms with Crippen LogP contribution in [-0.4, -0.2) is 39.9 Å². The average molecular weight is 509 g/mol. The number of aliphatic hydroxyl groups excluding tert-OH is 1. The number of hydrogen-bond donors (Lipinski definition) is 2. The molecule has 0 fully saturated rings. The smallest absolute Gasteiger partial charge is 0.251 e. The summed E-state index contributed by atoms with van der Waals surface area (Å²) in [6, 6.07) is 24.7. The van der Waals surface area contributed by atoms with E-state index in [0.29, 0.717) is 18.5 Å². The first-order valence-corrected chi connectivity index (χ1v) is 12.5. The number of amidine groups is 1. The van der Waals surface area contributed by atoms with Crippen molar-refractivity contribution in [2.75, 3.05) is 7.05 Å². The topological polar surface area (TPSA) is 77.8 Å². The van der Waals surface area contributed by atoms with Crippen LogP contribution in [0.15, 0.2) is 96.1 Å². The number of carbonyl (C=O) groups excluding carboxylic acids is 1. The van der Waals surface area contributed by atoms with Crippen molar-refractivity contribution in [2.24, 2.45) is 4.99 Å². The van der Waals surface area contributed by atoms with Crippen LogP contribution in [0.25, 0.3) is 11.3 Å². The van der Waals surface area contributed by atoms with Crippen LogP contribution in [0, 0.1) is 5.82 Å². The largest absolute Gasteiger partial charge is 0.390 e. The molecule has 1 aromatic heterocycles. The summed E-state index contributed by atoms with van der Waals surface area (Å²) < 4.78 is 13.2. The molecular weight excluding hydrogens is 479 g/mol. The molecule has 1 aliphatic rings. The zero-order valence-electron chi connectivity index (χ0n) is 21.3. The fourth-order valence-electron chi connectivity index (χ4n) is 4.65. The lowest BCUT2D eigenvalue weighted by molar-refractivity contribution is 0.0858. The molecule has 7 heteroatoms. The highest BCUT2D eigenvalue weighted by Crippen LogP contribution is 2.34. The van der Waals surface area contributed by atoms with Crippen LogP contribution >= 0.6 is 0 Å². The Kier molecular flexibility index (Phi) is 7.29. The van der Waals surface area contributed by atoms with E-state index in [1.54, 1.807) is 30.5 Å². The fourth-order valence-corrected chi connectivity index (χ4v) is 4.65. The number of aliphatic hydroxyl groups is 1. The predicted molar refractivity (Wildman–Crippen MR) is 147 cm³/mol. The number of nitrogens with zero attached hydrogens (tertiary/aromatic N) is 3. The van der Waals surface area contributed by atoms with E-state index in [1.165, 1.54) is 12.1 Å². The van der Waals surface area contributed by atoms with Crippen molar-refractivity contribution >= 4 is 17.4 Å². The van der Waals surface area contributed by atoms with Gasteiger partial charge in [0.2, 0.25) is 0 Å². The quantitative estimate of drug-likeness (QED) is 0.268. The van der Waals surface area contributed by atoms with Gasteiger partial charge in [0.05, 0.1) is 23.5 Å². The fraction of sp³-hybridized carbons (Fsp3) is 0.194. The molecule has 38 heavy (non-hydrogen) atoms. The van der Waals surface area contributed by atoms with Gasteiger partial charge in [0.15, 0.2) is 0 Å². The highest BCUT2D eigenvalue weighted by molar-refractivity contribution is 5.95. The maximum atomic E-state index is 13.2. The summed E-state index contributed by atoms with van der Waals surface area (Å²) in [5, 5.41) is 13.8. The average Bonchev–Trinajstić information content (AvgIpc) is 3.24. The second-order valence-corrected chi connectivity index (χ2v) is 9.54. The molecule has 1 heterocycles. The number of fused-ring (bicyclic) bond motifs is 1. The van der Waals surface area contributed by atoms with Gasteiger partial charge in [-0.05, 0) is 72.1 Å². The number of halogens is 1. The van der Waals surface area contributed by atoms with Gasteiger partial charge in [0, 0.05) is 37.3 Å². The first-order chi connectivity index (χ1) is 18.4. The molecule has 0 unspecified atom stereocenters. The van der Waals surface area contributed by atoms with E-state index in [9.17, 15) is 14.3 Å². The molecule has 0 spiro atoms. The number of nitrogens with one attached hydrogen (secondary N) is 1. The molecule has 2 N–H and O–H groups in total. The first-order valence-electron chi connectivity index (χ1n) is 12.5. The number of amides is 1. The first kappa shape index (κ1) is 25.3. The molecule has 0 saturated carbocycles. The molecule has 0 bridgehead atoms. The lowest BCUT2D eigenvalue weighted by Gasteiger charge is -2.20. The van der Waals surface area contributed by atoms with Gasteiger partial charge in [0.25, 0.3) is 5.91 Å². The van der Waals surface area contributed by atoms with Crippen LogP contribution < -0.4 is 5.32 Å². The molecule has 1 amide bonds. The minimum atomic E-state index is -0.719. The van der Waals surface area contributed by atoms with Gasteiger partial charge >= 0.3 is 0 Å². The van der Waals surface area contributed by atoms with E-state index in [1.807, 2.05) is 67.4 Å². The van der Waals surface area contributed by atoms with E-state index < -0.39 is 12.1 Å². The van der Waals surface area contributed by atoms with Crippen molar-refractivity contribution in [2.45, 2.75) is 32.0 Å². The van der Waals surface area contributed by atoms with E-state index in [0.717, 1.165) is 39.5 Å². The molecule has 3 aromatic carbocycles. The minimum absolute atomic E-state index is 0.251. The second kappa shape index (κ2) is 10.9. The van der Waals surface area contributed by atoms with Crippen molar-refractivity contribution in [3.05, 3.63) is 119 Å². The molecule has 0 aliphatic heterocycles. The molecule has 1 aliphatic carbocycles. The summed E-state index contributed by atoms with van der Waals surface area (Å²) in [6.45, 7) is 2.51. The van der Waals surface area contributed by atoms with E-state index in [-0.39, 0.29) is 11.7 Å². The summed E-state index contributed by atoms with van der Waals surface area (Å²) >= 11 is 0. The lowest BCUT2D eigenvalue weighted by Crippen LogP contribution is -2.33. The highest BCUT2D eigenvalue weighted by Gasteiger charge is 2.32. The zero-order chi connectivity index (χ0) is 26.6. The van der Waals surface area contributed by atoms with Crippen LogP contribution in [0.2, 0.25) is 0 Å². The zero-order valence-corrected chi connectivity index (χ0v) is 21.3. The summed E-state index contributed by atoms with van der Waals surface area (Å²) in [4.78, 5) is 24.1. The maximum absolute atomic E-state index is 13.2. The number of rotatable bonds is 6. The molecule has 6 nitrogen and oxygen atoms in total. The van der Waals surface area contributed by atoms with Crippen molar-refractivity contribution in [3.63, 3.8) is 0 Å². The molecule has 192 valence electrons. The minimum Gasteiger partial charge on any atom is -0.390 e. The Morgan fingerprint density at radius 3 is 2.55 bits per heavy atom. The monoisotopic (exact) mass is 508 g/mol. The Balaban J connectivity index is 1.30. The lowest BCUT2D eigenvalue weighted by atomic mass is 10.0. The number of hydrogen-bond acceptors (Lipinski definition) is 4. The molecule has 5 rings (SSSR count). The van der Waals surface area contributed by atoms with Gasteiger partial charge in [-0.1, -0.05) is 36.4 Å². The third-order valence-corrected chi connectivity index (χ3v) is 6.85. The van der Waals surface area contributed by atoms with Gasteiger partial charge in [-0.2, -0.15) is 0 Å². The highest BCUT2D eigenvalue weighted by atomic mass is 19.1. The number of benzene rings is 3. The van der Waals surface area contributed by atoms with Crippen molar-refractivity contribution in [3.8, 4) is 11.3 Å². The number of carbonyl (C=O) groups is 1. The van der Waals surface area contributed by atoms with Crippen molar-refractivity contribution in [1.29, 1.82) is 0 Å². The summed E-state index contributed by atoms with van der Waals surface area (Å²) in [5.41, 5.74) is 5.85. The van der Waals surface area contributed by atoms with Crippen LogP contribution in [0.4, 0.5) is 10.1 Å². The summed E-state index contributed by atoms with van der Waals surface area (Å²) in [6.07, 6.45) is 1.48. The Morgan fingerprint density at radius 2 is 1.84 bits per heavy atom. The Hall–Kier alpha value is -4.36. The SMILES string of the molecule is C/C(=N\c1ccc2c(c1)[C@@H](NC(=O)c1ccc(-c3ccccn3)cc1)[C@H](O)C2)N(C)Cc1ccc(F)cc1. The van der Waals surface area contributed by atoms with Gasteiger partial charge < -0.3 is 15.3 Å². The van der Waals surface area contributed by atoms with Gasteiger partial charge in [0.1, 0.15) is 11.7 Å². The van der Waals surface area contributed by atoms with Crippen LogP contribution in [0.5, 0.6) is 0 Å². The summed E-state index contributed by atoms with van der Waals surface area (Å²) in [7, 11) is 1.93. The Morgan fingerprint density at radius 1 is 1.08 bits per heavy atom. The molecule has 2 atom stereocenters. The van der Waals surface area contributed by atoms with E-state index >= 15 is 0 Å². The van der Waals surface area contributed by atoms with Gasteiger partial charge in [-0.25, -0.2) is 9.38 Å². The normalized spacial score (nSPS) is 16.7. The van der Waals surface area contributed by atoms with Crippen LogP contribution in [0.3, 0.4) is 0 Å². The standard InChI is InChI=1S/C31H29FN4O2/c1-20(36(2)19-21-6-13-25(32)14-7-21)34-26-15-12-24-17-29(37)30(27(24)18-26)35-31(38)23-10-8-22(9-11-23)28-5-3-4-16-33-28/h3-16,18,29-30,37H,17,19H2,1-2H3,(H,35,38)/b34-20+/t29-,30-/m1/s1. The van der Waals surface area contributed by atoms with Crippen molar-refractivity contribution in [1.82, 2.24) is 15.2 Å². The van der Waals surface area contributed by atoms with Gasteiger partial charge in [-0.15, -0.1) is 0 Å². The maximum Gasteiger partial charge on any atom is 0.251 e. The third-order valence-electron chi connectivity index (χ3n) is 6.85. The number of aliphatic imine (C=N–C) groups is 1. The Labute approximate surface area is 221 Å². The van der Waals surface area contributed by atoms with Crippen molar-refractivity contribution < 1.29 is 14.3 Å². The third kappa shape index (κ3) is 5.63. The molecule has 0 saturated heterocycles. The van der Waals surface area contributed by atoms with Gasteiger partial charge in [-0.3, -0.25) is 9.78 Å². The van der Waals surface area contributed by atoms with E-state index in [4.69, 9.17) is 4.99 Å². The second-order valence-electron chi connectivity index (χ2n) is 9.54.